The van der Waals surface area contributed by atoms with Gasteiger partial charge in [-0.25, -0.2) is 0 Å². The summed E-state index contributed by atoms with van der Waals surface area (Å²) in [7, 11) is 1.63. The number of hydrogen-bond donors (Lipinski definition) is 2. The van der Waals surface area contributed by atoms with Crippen molar-refractivity contribution in [1.82, 2.24) is 10.2 Å². The monoisotopic (exact) mass is 334 g/mol. The number of nitrogens with one attached hydrogen (secondary N) is 1. The van der Waals surface area contributed by atoms with Crippen molar-refractivity contribution in [3.8, 4) is 5.75 Å². The van der Waals surface area contributed by atoms with Gasteiger partial charge in [-0.15, -0.1) is 0 Å². The van der Waals surface area contributed by atoms with Crippen molar-refractivity contribution in [1.29, 1.82) is 0 Å². The van der Waals surface area contributed by atoms with Crippen LogP contribution in [-0.2, 0) is 4.74 Å². The number of carbonyl (C=O) groups is 1. The normalized spacial score (nSPS) is 26.9. The van der Waals surface area contributed by atoms with Gasteiger partial charge in [0.15, 0.2) is 0 Å². The maximum Gasteiger partial charge on any atom is 0.251 e. The van der Waals surface area contributed by atoms with Crippen LogP contribution in [0.25, 0.3) is 0 Å². The van der Waals surface area contributed by atoms with Crippen LogP contribution in [0.1, 0.15) is 28.8 Å². The number of rotatable bonds is 5. The van der Waals surface area contributed by atoms with Crippen molar-refractivity contribution < 1.29 is 19.4 Å². The van der Waals surface area contributed by atoms with Crippen LogP contribution < -0.4 is 10.1 Å². The van der Waals surface area contributed by atoms with Gasteiger partial charge in [-0.3, -0.25) is 9.69 Å². The Morgan fingerprint density at radius 3 is 3.00 bits per heavy atom. The molecule has 2 aliphatic rings. The number of amides is 1. The summed E-state index contributed by atoms with van der Waals surface area (Å²) in [5.74, 6) is 0.745. The molecule has 0 spiro atoms. The molecule has 1 aromatic carbocycles. The summed E-state index contributed by atoms with van der Waals surface area (Å²) in [5, 5.41) is 12.2. The van der Waals surface area contributed by atoms with Gasteiger partial charge in [-0.05, 0) is 43.5 Å². The van der Waals surface area contributed by atoms with E-state index in [9.17, 15) is 4.79 Å². The van der Waals surface area contributed by atoms with E-state index >= 15 is 0 Å². The molecule has 1 amide bonds. The summed E-state index contributed by atoms with van der Waals surface area (Å²) >= 11 is 0. The minimum Gasteiger partial charge on any atom is -0.496 e. The van der Waals surface area contributed by atoms with Gasteiger partial charge in [-0.1, -0.05) is 0 Å². The molecule has 0 aromatic heterocycles. The zero-order valence-corrected chi connectivity index (χ0v) is 14.3. The number of aliphatic hydroxyl groups excluding tert-OH is 1. The first-order valence-corrected chi connectivity index (χ1v) is 8.52. The first-order chi connectivity index (χ1) is 11.6. The lowest BCUT2D eigenvalue weighted by Gasteiger charge is -2.34. The van der Waals surface area contributed by atoms with Crippen LogP contribution in [0.2, 0.25) is 0 Å². The largest absolute Gasteiger partial charge is 0.496 e. The summed E-state index contributed by atoms with van der Waals surface area (Å²) < 4.78 is 11.0. The van der Waals surface area contributed by atoms with Crippen LogP contribution in [0.15, 0.2) is 18.2 Å². The predicted octanol–water partition coefficient (Wildman–Crippen LogP) is 0.958. The maximum atomic E-state index is 12.5. The highest BCUT2D eigenvalue weighted by Gasteiger charge is 2.37. The summed E-state index contributed by atoms with van der Waals surface area (Å²) in [6.07, 6.45) is 1.68. The van der Waals surface area contributed by atoms with Crippen LogP contribution >= 0.6 is 0 Å². The molecule has 2 heterocycles. The van der Waals surface area contributed by atoms with Gasteiger partial charge in [-0.2, -0.15) is 0 Å². The Morgan fingerprint density at radius 1 is 1.46 bits per heavy atom. The predicted molar refractivity (Wildman–Crippen MR) is 90.4 cm³/mol. The second-order valence-electron chi connectivity index (χ2n) is 6.67. The molecule has 2 saturated heterocycles. The lowest BCUT2D eigenvalue weighted by molar-refractivity contribution is -0.0566. The minimum absolute atomic E-state index is 0.0431. The Hall–Kier alpha value is -1.63. The third kappa shape index (κ3) is 3.71. The van der Waals surface area contributed by atoms with Gasteiger partial charge in [0, 0.05) is 37.3 Å². The van der Waals surface area contributed by atoms with E-state index in [4.69, 9.17) is 14.6 Å². The van der Waals surface area contributed by atoms with Crippen molar-refractivity contribution in [3.63, 3.8) is 0 Å². The number of benzene rings is 1. The number of ether oxygens (including phenoxy) is 2. The van der Waals surface area contributed by atoms with Crippen molar-refractivity contribution in [3.05, 3.63) is 29.3 Å². The van der Waals surface area contributed by atoms with E-state index < -0.39 is 0 Å². The van der Waals surface area contributed by atoms with E-state index in [1.54, 1.807) is 13.2 Å². The third-order valence-corrected chi connectivity index (χ3v) is 4.93. The Bertz CT molecular complexity index is 592. The van der Waals surface area contributed by atoms with Crippen molar-refractivity contribution in [2.45, 2.75) is 38.0 Å². The Labute approximate surface area is 142 Å². The minimum atomic E-state index is -0.0431. The van der Waals surface area contributed by atoms with E-state index in [-0.39, 0.29) is 24.7 Å². The number of fused-ring (bicyclic) bond motifs is 1. The molecule has 6 nitrogen and oxygen atoms in total. The van der Waals surface area contributed by atoms with Crippen LogP contribution in [0.3, 0.4) is 0 Å². The van der Waals surface area contributed by atoms with Crippen LogP contribution in [0.4, 0.5) is 0 Å². The van der Waals surface area contributed by atoms with Crippen molar-refractivity contribution in [2.24, 2.45) is 0 Å². The zero-order valence-electron chi connectivity index (χ0n) is 14.3. The molecule has 0 unspecified atom stereocenters. The highest BCUT2D eigenvalue weighted by atomic mass is 16.5. The molecule has 3 rings (SSSR count). The quantitative estimate of drug-likeness (QED) is 0.839. The van der Waals surface area contributed by atoms with E-state index in [0.717, 1.165) is 30.8 Å². The Balaban J connectivity index is 1.57. The van der Waals surface area contributed by atoms with Gasteiger partial charge in [0.2, 0.25) is 0 Å². The van der Waals surface area contributed by atoms with Gasteiger partial charge < -0.3 is 19.9 Å². The maximum absolute atomic E-state index is 12.5. The van der Waals surface area contributed by atoms with Gasteiger partial charge in [0.25, 0.3) is 5.91 Å². The van der Waals surface area contributed by atoms with E-state index in [1.807, 2.05) is 19.1 Å². The summed E-state index contributed by atoms with van der Waals surface area (Å²) in [6, 6.07) is 5.99. The van der Waals surface area contributed by atoms with Crippen LogP contribution in [-0.4, -0.2) is 67.5 Å². The summed E-state index contributed by atoms with van der Waals surface area (Å²) in [6.45, 7) is 4.44. The number of methoxy groups -OCH3 is 1. The molecule has 6 heteroatoms. The molecule has 3 atom stereocenters. The number of aliphatic hydroxyl groups is 1. The highest BCUT2D eigenvalue weighted by Crippen LogP contribution is 2.25. The van der Waals surface area contributed by atoms with Gasteiger partial charge >= 0.3 is 0 Å². The average molecular weight is 334 g/mol. The first kappa shape index (κ1) is 17.2. The summed E-state index contributed by atoms with van der Waals surface area (Å²) in [5.41, 5.74) is 1.61. The second kappa shape index (κ2) is 7.51. The van der Waals surface area contributed by atoms with E-state index in [2.05, 4.69) is 10.2 Å². The molecule has 2 fully saturated rings. The molecular formula is C18H26N2O4. The van der Waals surface area contributed by atoms with Gasteiger partial charge in [0.05, 0.1) is 19.8 Å². The molecule has 2 N–H and O–H groups in total. The van der Waals surface area contributed by atoms with E-state index in [1.165, 1.54) is 0 Å². The molecule has 132 valence electrons. The fourth-order valence-corrected chi connectivity index (χ4v) is 3.65. The first-order valence-electron chi connectivity index (χ1n) is 8.52. The number of morpholine rings is 1. The summed E-state index contributed by atoms with van der Waals surface area (Å²) in [4.78, 5) is 14.9. The van der Waals surface area contributed by atoms with Crippen LogP contribution in [0.5, 0.6) is 5.75 Å². The highest BCUT2D eigenvalue weighted by molar-refractivity contribution is 5.94. The molecule has 24 heavy (non-hydrogen) atoms. The molecule has 0 saturated carbocycles. The topological polar surface area (TPSA) is 71.0 Å². The van der Waals surface area contributed by atoms with Crippen molar-refractivity contribution >= 4 is 5.91 Å². The van der Waals surface area contributed by atoms with Crippen molar-refractivity contribution in [2.75, 3.05) is 33.4 Å². The number of hydrogen-bond acceptors (Lipinski definition) is 5. The molecule has 1 aromatic rings. The van der Waals surface area contributed by atoms with Gasteiger partial charge in [0.1, 0.15) is 5.75 Å². The molecular weight excluding hydrogens is 308 g/mol. The molecule has 0 aliphatic carbocycles. The van der Waals surface area contributed by atoms with Crippen LogP contribution in [0, 0.1) is 6.92 Å². The third-order valence-electron chi connectivity index (χ3n) is 4.93. The molecule has 2 aliphatic heterocycles. The lowest BCUT2D eigenvalue weighted by Crippen LogP contribution is -2.46. The van der Waals surface area contributed by atoms with E-state index in [0.29, 0.717) is 24.6 Å². The lowest BCUT2D eigenvalue weighted by atomic mass is 10.1. The molecule has 0 radical (unpaired) electrons. The number of nitrogens with zero attached hydrogens (tertiary/aromatic N) is 1. The number of aryl methyl sites for hydroxylation is 1. The average Bonchev–Trinajstić information content (AvgIpc) is 2.96. The second-order valence-corrected chi connectivity index (χ2v) is 6.67. The smallest absolute Gasteiger partial charge is 0.251 e. The fraction of sp³-hybridized carbons (Fsp3) is 0.611. The fourth-order valence-electron chi connectivity index (χ4n) is 3.65. The standard InChI is InChI=1S/C18H26N2O4/c1-12-7-13(3-4-17(12)23-2)18(22)19-14-8-15-11-24-16(5-6-21)10-20(15)9-14/h3-4,7,14-16,21H,5-6,8-11H2,1-2H3,(H,19,22)/t14-,15+,16+/m1/s1. The number of carbonyl (C=O) groups excluding carboxylic acids is 1. The zero-order chi connectivity index (χ0) is 17.1. The molecule has 0 bridgehead atoms. The Kier molecular flexibility index (Phi) is 5.38. The Morgan fingerprint density at radius 2 is 2.29 bits per heavy atom. The SMILES string of the molecule is COc1ccc(C(=O)N[C@@H]2C[C@H]3CO[C@@H](CCO)CN3C2)cc1C.